The fraction of sp³-hybridized carbons (Fsp3) is 0.409. The molecule has 3 aromatic rings. The first-order valence-corrected chi connectivity index (χ1v) is 12.0. The van der Waals surface area contributed by atoms with E-state index in [4.69, 9.17) is 0 Å². The number of amides is 1. The maximum atomic E-state index is 12.7. The van der Waals surface area contributed by atoms with Gasteiger partial charge in [-0.1, -0.05) is 12.1 Å². The summed E-state index contributed by atoms with van der Waals surface area (Å²) in [6, 6.07) is 5.39. The lowest BCUT2D eigenvalue weighted by atomic mass is 9.78. The quantitative estimate of drug-likeness (QED) is 0.485. The average molecular weight is 497 g/mol. The molecule has 1 fully saturated rings. The van der Waals surface area contributed by atoms with Gasteiger partial charge in [0.2, 0.25) is 5.91 Å². The van der Waals surface area contributed by atoms with Crippen LogP contribution in [0.1, 0.15) is 34.7 Å². The standard InChI is InChI=1S/C22H23F3N4O2S2/c1-12-19(33-18(10-30)26-12)17-11-32-21(27-17)28-20(31)14-7-16(8-14)29(2)9-13-3-5-15(6-4-13)22(23,24)25/h3-6,11,14,16,30H,7-10H2,1-2H3,(H,27,28,31)/t14-,16+. The number of aliphatic hydroxyl groups is 1. The molecule has 2 N–H and O–H groups in total. The number of hydrogen-bond donors (Lipinski definition) is 2. The van der Waals surface area contributed by atoms with E-state index < -0.39 is 11.7 Å². The Balaban J connectivity index is 1.27. The molecule has 176 valence electrons. The number of nitrogens with zero attached hydrogens (tertiary/aromatic N) is 3. The third-order valence-electron chi connectivity index (χ3n) is 5.76. The van der Waals surface area contributed by atoms with Gasteiger partial charge in [-0.25, -0.2) is 9.97 Å². The van der Waals surface area contributed by atoms with Crippen molar-refractivity contribution in [3.05, 3.63) is 51.5 Å². The van der Waals surface area contributed by atoms with Crippen molar-refractivity contribution >= 4 is 33.7 Å². The lowest BCUT2D eigenvalue weighted by Crippen LogP contribution is -2.46. The Morgan fingerprint density at radius 1 is 1.24 bits per heavy atom. The molecule has 1 aromatic carbocycles. The lowest BCUT2D eigenvalue weighted by molar-refractivity contribution is -0.137. The summed E-state index contributed by atoms with van der Waals surface area (Å²) < 4.78 is 38.1. The van der Waals surface area contributed by atoms with Crippen LogP contribution in [0.25, 0.3) is 10.6 Å². The number of aromatic nitrogens is 2. The zero-order valence-electron chi connectivity index (χ0n) is 18.0. The number of nitrogens with one attached hydrogen (secondary N) is 1. The second kappa shape index (κ2) is 9.49. The van der Waals surface area contributed by atoms with E-state index in [1.54, 1.807) is 0 Å². The molecule has 1 aliphatic rings. The second-order valence-electron chi connectivity index (χ2n) is 8.14. The minimum absolute atomic E-state index is 0.0767. The van der Waals surface area contributed by atoms with Gasteiger partial charge >= 0.3 is 6.18 Å². The Hall–Kier alpha value is -2.34. The van der Waals surface area contributed by atoms with E-state index in [2.05, 4.69) is 20.2 Å². The van der Waals surface area contributed by atoms with Gasteiger partial charge in [-0.15, -0.1) is 22.7 Å². The molecule has 1 saturated carbocycles. The third kappa shape index (κ3) is 5.43. The molecule has 11 heteroatoms. The van der Waals surface area contributed by atoms with Gasteiger partial charge in [0.1, 0.15) is 5.01 Å². The van der Waals surface area contributed by atoms with Crippen LogP contribution in [0.4, 0.5) is 18.3 Å². The van der Waals surface area contributed by atoms with Gasteiger partial charge in [0.25, 0.3) is 0 Å². The van der Waals surface area contributed by atoms with Crippen molar-refractivity contribution < 1.29 is 23.1 Å². The molecule has 1 aliphatic carbocycles. The lowest BCUT2D eigenvalue weighted by Gasteiger charge is -2.40. The van der Waals surface area contributed by atoms with Crippen LogP contribution in [-0.4, -0.2) is 39.0 Å². The topological polar surface area (TPSA) is 78.4 Å². The number of benzene rings is 1. The molecular formula is C22H23F3N4O2S2. The van der Waals surface area contributed by atoms with Crippen LogP contribution in [-0.2, 0) is 24.1 Å². The Morgan fingerprint density at radius 3 is 2.55 bits per heavy atom. The minimum Gasteiger partial charge on any atom is -0.389 e. The SMILES string of the molecule is Cc1nc(CO)sc1-c1csc(NC(=O)[C@H]2C[C@@H](N(C)Cc3ccc(C(F)(F)F)cc3)C2)n1. The van der Waals surface area contributed by atoms with Crippen LogP contribution in [0.3, 0.4) is 0 Å². The summed E-state index contributed by atoms with van der Waals surface area (Å²) in [6.07, 6.45) is -2.96. The van der Waals surface area contributed by atoms with Crippen LogP contribution in [0, 0.1) is 12.8 Å². The molecule has 0 unspecified atom stereocenters. The van der Waals surface area contributed by atoms with Crippen molar-refractivity contribution in [1.82, 2.24) is 14.9 Å². The predicted octanol–water partition coefficient (Wildman–Crippen LogP) is 4.94. The third-order valence-corrected chi connectivity index (χ3v) is 7.69. The Bertz CT molecular complexity index is 1120. The number of hydrogen-bond acceptors (Lipinski definition) is 7. The highest BCUT2D eigenvalue weighted by Gasteiger charge is 2.37. The molecule has 4 rings (SSSR count). The number of aliphatic hydroxyl groups excluding tert-OH is 1. The molecule has 0 radical (unpaired) electrons. The van der Waals surface area contributed by atoms with Crippen LogP contribution < -0.4 is 5.32 Å². The highest BCUT2D eigenvalue weighted by Crippen LogP contribution is 2.35. The molecule has 0 atom stereocenters. The Morgan fingerprint density at radius 2 is 1.94 bits per heavy atom. The van der Waals surface area contributed by atoms with Gasteiger partial charge in [-0.3, -0.25) is 9.69 Å². The summed E-state index contributed by atoms with van der Waals surface area (Å²) in [7, 11) is 1.92. The monoisotopic (exact) mass is 496 g/mol. The smallest absolute Gasteiger partial charge is 0.389 e. The zero-order valence-corrected chi connectivity index (χ0v) is 19.7. The normalized spacial score (nSPS) is 18.4. The number of carbonyl (C=O) groups is 1. The van der Waals surface area contributed by atoms with Crippen molar-refractivity contribution in [2.75, 3.05) is 12.4 Å². The Kier molecular flexibility index (Phi) is 6.85. The van der Waals surface area contributed by atoms with Crippen molar-refractivity contribution in [1.29, 1.82) is 0 Å². The largest absolute Gasteiger partial charge is 0.416 e. The molecule has 2 aromatic heterocycles. The molecule has 1 amide bonds. The predicted molar refractivity (Wildman–Crippen MR) is 122 cm³/mol. The highest BCUT2D eigenvalue weighted by molar-refractivity contribution is 7.17. The first-order chi connectivity index (χ1) is 15.6. The number of halogens is 3. The van der Waals surface area contributed by atoms with E-state index in [0.717, 1.165) is 34.0 Å². The molecular weight excluding hydrogens is 473 g/mol. The summed E-state index contributed by atoms with van der Waals surface area (Å²) in [4.78, 5) is 24.3. The fourth-order valence-electron chi connectivity index (χ4n) is 3.78. The molecule has 6 nitrogen and oxygen atoms in total. The summed E-state index contributed by atoms with van der Waals surface area (Å²) in [6.45, 7) is 2.27. The number of carbonyl (C=O) groups excluding carboxylic acids is 1. The number of rotatable bonds is 7. The van der Waals surface area contributed by atoms with Crippen LogP contribution in [0.2, 0.25) is 0 Å². The number of thiazole rings is 2. The van der Waals surface area contributed by atoms with Crippen LogP contribution in [0.15, 0.2) is 29.6 Å². The van der Waals surface area contributed by atoms with Crippen LogP contribution in [0.5, 0.6) is 0 Å². The maximum Gasteiger partial charge on any atom is 0.416 e. The van der Waals surface area contributed by atoms with Gasteiger partial charge in [0.05, 0.1) is 28.4 Å². The Labute approximate surface area is 197 Å². The molecule has 0 spiro atoms. The first kappa shape index (κ1) is 23.8. The van der Waals surface area contributed by atoms with E-state index in [1.807, 2.05) is 19.4 Å². The van der Waals surface area contributed by atoms with Gasteiger partial charge < -0.3 is 10.4 Å². The summed E-state index contributed by atoms with van der Waals surface area (Å²) >= 11 is 2.73. The van der Waals surface area contributed by atoms with Gasteiger partial charge in [0.15, 0.2) is 5.13 Å². The molecule has 2 heterocycles. The van der Waals surface area contributed by atoms with Gasteiger partial charge in [-0.05, 0) is 44.5 Å². The van der Waals surface area contributed by atoms with E-state index in [9.17, 15) is 23.1 Å². The minimum atomic E-state index is -4.33. The fourth-order valence-corrected chi connectivity index (χ4v) is 5.44. The molecule has 0 saturated heterocycles. The van der Waals surface area contributed by atoms with Gasteiger partial charge in [-0.2, -0.15) is 13.2 Å². The zero-order chi connectivity index (χ0) is 23.8. The molecule has 0 bridgehead atoms. The number of aryl methyl sites for hydroxylation is 1. The number of alkyl halides is 3. The van der Waals surface area contributed by atoms with Gasteiger partial charge in [0, 0.05) is 23.9 Å². The van der Waals surface area contributed by atoms with Crippen LogP contribution >= 0.6 is 22.7 Å². The van der Waals surface area contributed by atoms with E-state index >= 15 is 0 Å². The van der Waals surface area contributed by atoms with E-state index in [0.29, 0.717) is 29.5 Å². The van der Waals surface area contributed by atoms with Crippen molar-refractivity contribution in [3.8, 4) is 10.6 Å². The second-order valence-corrected chi connectivity index (χ2v) is 10.1. The summed E-state index contributed by atoms with van der Waals surface area (Å²) in [5.74, 6) is -0.198. The van der Waals surface area contributed by atoms with Crippen molar-refractivity contribution in [2.24, 2.45) is 5.92 Å². The van der Waals surface area contributed by atoms with E-state index in [-0.39, 0.29) is 24.5 Å². The molecule has 33 heavy (non-hydrogen) atoms. The highest BCUT2D eigenvalue weighted by atomic mass is 32.1. The number of anilines is 1. The first-order valence-electron chi connectivity index (χ1n) is 10.3. The summed E-state index contributed by atoms with van der Waals surface area (Å²) in [5.41, 5.74) is 1.67. The summed E-state index contributed by atoms with van der Waals surface area (Å²) in [5, 5.41) is 15.1. The average Bonchev–Trinajstić information content (AvgIpc) is 3.32. The van der Waals surface area contributed by atoms with Crippen molar-refractivity contribution in [3.63, 3.8) is 0 Å². The van der Waals surface area contributed by atoms with E-state index in [1.165, 1.54) is 34.8 Å². The molecule has 0 aliphatic heterocycles. The maximum absolute atomic E-state index is 12.7. The van der Waals surface area contributed by atoms with Crippen molar-refractivity contribution in [2.45, 2.75) is 45.1 Å².